The van der Waals surface area contributed by atoms with Gasteiger partial charge in [-0.1, -0.05) is 42.5 Å². The van der Waals surface area contributed by atoms with E-state index < -0.39 is 12.2 Å². The SMILES string of the molecule is O=C(NCCO)C1=C[C@H](Oc2ccccc2I)[C@@H](O)[C@H](NCc2ccccc2)C1. The number of para-hydroxylation sites is 1. The van der Waals surface area contributed by atoms with Gasteiger partial charge in [0.15, 0.2) is 0 Å². The highest BCUT2D eigenvalue weighted by Crippen LogP contribution is 2.27. The number of aliphatic hydroxyl groups is 2. The lowest BCUT2D eigenvalue weighted by molar-refractivity contribution is -0.118. The van der Waals surface area contributed by atoms with Crippen molar-refractivity contribution in [1.82, 2.24) is 10.6 Å². The predicted octanol–water partition coefficient (Wildman–Crippen LogP) is 2.00. The lowest BCUT2D eigenvalue weighted by Gasteiger charge is -2.34. The van der Waals surface area contributed by atoms with Gasteiger partial charge in [0.2, 0.25) is 5.91 Å². The second kappa shape index (κ2) is 10.7. The molecule has 0 spiro atoms. The molecule has 0 fully saturated rings. The van der Waals surface area contributed by atoms with E-state index in [4.69, 9.17) is 9.84 Å². The van der Waals surface area contributed by atoms with Gasteiger partial charge in [-0.2, -0.15) is 0 Å². The van der Waals surface area contributed by atoms with E-state index in [1.54, 1.807) is 6.08 Å². The zero-order chi connectivity index (χ0) is 20.6. The lowest BCUT2D eigenvalue weighted by atomic mass is 9.89. The Bertz CT molecular complexity index is 844. The average molecular weight is 508 g/mol. The molecule has 0 heterocycles. The number of hydrogen-bond donors (Lipinski definition) is 4. The molecule has 0 radical (unpaired) electrons. The lowest BCUT2D eigenvalue weighted by Crippen LogP contribution is -2.51. The number of ether oxygens (including phenoxy) is 1. The third kappa shape index (κ3) is 6.02. The molecule has 29 heavy (non-hydrogen) atoms. The Morgan fingerprint density at radius 1 is 1.14 bits per heavy atom. The molecule has 1 aliphatic rings. The standard InChI is InChI=1S/C22H25IN2O4/c23-17-8-4-5-9-19(17)29-20-13-16(22(28)24-10-11-26)12-18(21(20)27)25-14-15-6-2-1-3-7-15/h1-9,13,18,20-21,25-27H,10-12,14H2,(H,24,28)/t18-,20+,21+/m1/s1. The molecular weight excluding hydrogens is 483 g/mol. The van der Waals surface area contributed by atoms with Gasteiger partial charge < -0.3 is 25.6 Å². The summed E-state index contributed by atoms with van der Waals surface area (Å²) >= 11 is 2.18. The molecule has 0 saturated carbocycles. The molecule has 3 rings (SSSR count). The summed E-state index contributed by atoms with van der Waals surface area (Å²) in [6, 6.07) is 17.1. The number of hydrogen-bond acceptors (Lipinski definition) is 5. The van der Waals surface area contributed by atoms with Crippen molar-refractivity contribution in [3.05, 3.63) is 75.4 Å². The van der Waals surface area contributed by atoms with Crippen LogP contribution in [0.15, 0.2) is 66.2 Å². The molecule has 6 nitrogen and oxygen atoms in total. The number of aliphatic hydroxyl groups excluding tert-OH is 2. The maximum atomic E-state index is 12.5. The van der Waals surface area contributed by atoms with E-state index in [9.17, 15) is 9.90 Å². The van der Waals surface area contributed by atoms with Crippen LogP contribution in [-0.4, -0.2) is 47.5 Å². The first-order valence-corrected chi connectivity index (χ1v) is 10.6. The number of halogens is 1. The van der Waals surface area contributed by atoms with Crippen LogP contribution in [0.5, 0.6) is 5.75 Å². The smallest absolute Gasteiger partial charge is 0.247 e. The summed E-state index contributed by atoms with van der Waals surface area (Å²) in [5, 5.41) is 26.0. The number of amides is 1. The zero-order valence-electron chi connectivity index (χ0n) is 15.9. The van der Waals surface area contributed by atoms with Crippen LogP contribution < -0.4 is 15.4 Å². The molecule has 0 saturated heterocycles. The Morgan fingerprint density at radius 2 is 1.86 bits per heavy atom. The normalized spacial score (nSPS) is 21.3. The van der Waals surface area contributed by atoms with E-state index in [-0.39, 0.29) is 25.1 Å². The van der Waals surface area contributed by atoms with Crippen molar-refractivity contribution in [2.45, 2.75) is 31.2 Å². The first-order valence-electron chi connectivity index (χ1n) is 9.55. The van der Waals surface area contributed by atoms with Gasteiger partial charge in [-0.15, -0.1) is 0 Å². The molecule has 1 aliphatic carbocycles. The number of nitrogens with one attached hydrogen (secondary N) is 2. The van der Waals surface area contributed by atoms with Crippen LogP contribution in [0.2, 0.25) is 0 Å². The van der Waals surface area contributed by atoms with Crippen molar-refractivity contribution >= 4 is 28.5 Å². The second-order valence-corrected chi connectivity index (χ2v) is 8.01. The Labute approximate surface area is 184 Å². The van der Waals surface area contributed by atoms with Crippen molar-refractivity contribution in [1.29, 1.82) is 0 Å². The highest BCUT2D eigenvalue weighted by molar-refractivity contribution is 14.1. The number of benzene rings is 2. The van der Waals surface area contributed by atoms with Crippen molar-refractivity contribution in [2.24, 2.45) is 0 Å². The third-order valence-electron chi connectivity index (χ3n) is 4.75. The fraction of sp³-hybridized carbons (Fsp3) is 0.318. The minimum Gasteiger partial charge on any atom is -0.482 e. The molecule has 0 aromatic heterocycles. The van der Waals surface area contributed by atoms with Crippen LogP contribution in [-0.2, 0) is 11.3 Å². The molecule has 0 aliphatic heterocycles. The van der Waals surface area contributed by atoms with Crippen LogP contribution in [0.3, 0.4) is 0 Å². The Morgan fingerprint density at radius 3 is 2.59 bits per heavy atom. The van der Waals surface area contributed by atoms with E-state index >= 15 is 0 Å². The molecule has 2 aromatic rings. The van der Waals surface area contributed by atoms with Crippen molar-refractivity contribution in [2.75, 3.05) is 13.2 Å². The maximum absolute atomic E-state index is 12.5. The summed E-state index contributed by atoms with van der Waals surface area (Å²) < 4.78 is 6.99. The molecule has 154 valence electrons. The van der Waals surface area contributed by atoms with Gasteiger partial charge in [0.1, 0.15) is 18.0 Å². The largest absolute Gasteiger partial charge is 0.482 e. The molecular formula is C22H25IN2O4. The van der Waals surface area contributed by atoms with E-state index in [1.165, 1.54) is 0 Å². The predicted molar refractivity (Wildman–Crippen MR) is 119 cm³/mol. The van der Waals surface area contributed by atoms with Crippen molar-refractivity contribution in [3.63, 3.8) is 0 Å². The van der Waals surface area contributed by atoms with Gasteiger partial charge in [0.25, 0.3) is 0 Å². The molecule has 2 aromatic carbocycles. The van der Waals surface area contributed by atoms with Gasteiger partial charge in [-0.25, -0.2) is 0 Å². The molecule has 3 atom stereocenters. The number of carbonyl (C=O) groups excluding carboxylic acids is 1. The third-order valence-corrected chi connectivity index (χ3v) is 5.65. The second-order valence-electron chi connectivity index (χ2n) is 6.85. The zero-order valence-corrected chi connectivity index (χ0v) is 18.1. The minimum absolute atomic E-state index is 0.126. The van der Waals surface area contributed by atoms with E-state index in [1.807, 2.05) is 54.6 Å². The number of carbonyl (C=O) groups is 1. The first-order chi connectivity index (χ1) is 14.1. The molecule has 4 N–H and O–H groups in total. The van der Waals surface area contributed by atoms with Gasteiger partial charge in [0, 0.05) is 24.7 Å². The summed E-state index contributed by atoms with van der Waals surface area (Å²) in [6.07, 6.45) is 0.574. The van der Waals surface area contributed by atoms with Crippen molar-refractivity contribution < 1.29 is 19.7 Å². The van der Waals surface area contributed by atoms with Crippen LogP contribution in [0.25, 0.3) is 0 Å². The topological polar surface area (TPSA) is 90.8 Å². The highest BCUT2D eigenvalue weighted by Gasteiger charge is 2.35. The van der Waals surface area contributed by atoms with Crippen molar-refractivity contribution in [3.8, 4) is 5.75 Å². The van der Waals surface area contributed by atoms with Crippen LogP contribution >= 0.6 is 22.6 Å². The number of rotatable bonds is 8. The Hall–Kier alpha value is -1.94. The Balaban J connectivity index is 1.78. The Kier molecular flexibility index (Phi) is 8.05. The summed E-state index contributed by atoms with van der Waals surface area (Å²) in [5.41, 5.74) is 1.63. The summed E-state index contributed by atoms with van der Waals surface area (Å²) in [4.78, 5) is 12.5. The quantitative estimate of drug-likeness (QED) is 0.410. The minimum atomic E-state index is -0.816. The first kappa shape index (κ1) is 21.8. The van der Waals surface area contributed by atoms with Crippen LogP contribution in [0, 0.1) is 3.57 Å². The summed E-state index contributed by atoms with van der Waals surface area (Å²) in [7, 11) is 0. The monoisotopic (exact) mass is 508 g/mol. The molecule has 7 heteroatoms. The van der Waals surface area contributed by atoms with Gasteiger partial charge in [-0.05, 0) is 52.8 Å². The maximum Gasteiger partial charge on any atom is 0.247 e. The molecule has 1 amide bonds. The van der Waals surface area contributed by atoms with Crippen LogP contribution in [0.1, 0.15) is 12.0 Å². The average Bonchev–Trinajstić information content (AvgIpc) is 2.74. The molecule has 0 unspecified atom stereocenters. The van der Waals surface area contributed by atoms with Gasteiger partial charge in [0.05, 0.1) is 10.2 Å². The van der Waals surface area contributed by atoms with Crippen LogP contribution in [0.4, 0.5) is 0 Å². The fourth-order valence-electron chi connectivity index (χ4n) is 3.23. The van der Waals surface area contributed by atoms with Gasteiger partial charge in [-0.3, -0.25) is 4.79 Å². The van der Waals surface area contributed by atoms with E-state index in [0.29, 0.717) is 24.3 Å². The van der Waals surface area contributed by atoms with E-state index in [2.05, 4.69) is 33.2 Å². The summed E-state index contributed by atoms with van der Waals surface area (Å²) in [5.74, 6) is 0.404. The van der Waals surface area contributed by atoms with Gasteiger partial charge >= 0.3 is 0 Å². The summed E-state index contributed by atoms with van der Waals surface area (Å²) in [6.45, 7) is 0.631. The van der Waals surface area contributed by atoms with E-state index in [0.717, 1.165) is 9.13 Å². The molecule has 0 bridgehead atoms. The fourth-order valence-corrected chi connectivity index (χ4v) is 3.75. The highest BCUT2D eigenvalue weighted by atomic mass is 127.